The highest BCUT2D eigenvalue weighted by Gasteiger charge is 2.02. The second kappa shape index (κ2) is 6.02. The molecule has 20 heavy (non-hydrogen) atoms. The van der Waals surface area contributed by atoms with Gasteiger partial charge in [0.05, 0.1) is 0 Å². The van der Waals surface area contributed by atoms with Crippen LogP contribution in [0.25, 0.3) is 6.08 Å². The van der Waals surface area contributed by atoms with Crippen LogP contribution in [0.15, 0.2) is 53.0 Å². The van der Waals surface area contributed by atoms with E-state index in [1.165, 1.54) is 0 Å². The van der Waals surface area contributed by atoms with Crippen LogP contribution < -0.4 is 5.56 Å². The van der Waals surface area contributed by atoms with E-state index >= 15 is 0 Å². The van der Waals surface area contributed by atoms with E-state index in [4.69, 9.17) is 5.11 Å². The topological polar surface area (TPSA) is 70.2 Å². The van der Waals surface area contributed by atoms with Crippen molar-refractivity contribution in [2.24, 2.45) is 0 Å². The molecule has 0 unspecified atom stereocenters. The zero-order valence-corrected chi connectivity index (χ0v) is 11.1. The fourth-order valence-electron chi connectivity index (χ4n) is 1.86. The number of carboxylic acids is 1. The number of hydrogen-bond acceptors (Lipinski definition) is 2. The van der Waals surface area contributed by atoms with E-state index in [9.17, 15) is 9.59 Å². The van der Waals surface area contributed by atoms with Gasteiger partial charge in [-0.15, -0.1) is 0 Å². The van der Waals surface area contributed by atoms with Crippen molar-refractivity contribution in [3.8, 4) is 0 Å². The zero-order valence-electron chi connectivity index (χ0n) is 11.1. The molecule has 2 aromatic rings. The number of aromatic nitrogens is 1. The van der Waals surface area contributed by atoms with Crippen LogP contribution in [0.1, 0.15) is 23.6 Å². The average Bonchev–Trinajstić information content (AvgIpc) is 2.43. The van der Waals surface area contributed by atoms with E-state index in [-0.39, 0.29) is 11.1 Å². The first-order valence-corrected chi connectivity index (χ1v) is 6.23. The van der Waals surface area contributed by atoms with Crippen molar-refractivity contribution in [1.29, 1.82) is 0 Å². The van der Waals surface area contributed by atoms with E-state index in [0.717, 1.165) is 11.1 Å². The Morgan fingerprint density at radius 3 is 2.55 bits per heavy atom. The minimum Gasteiger partial charge on any atom is -0.478 e. The smallest absolute Gasteiger partial charge is 0.331 e. The van der Waals surface area contributed by atoms with Gasteiger partial charge in [0.1, 0.15) is 0 Å². The van der Waals surface area contributed by atoms with Crippen molar-refractivity contribution < 1.29 is 9.90 Å². The lowest BCUT2D eigenvalue weighted by atomic mass is 10.0. The molecule has 0 aliphatic carbocycles. The fourth-order valence-corrected chi connectivity index (χ4v) is 1.86. The monoisotopic (exact) mass is 269 g/mol. The van der Waals surface area contributed by atoms with Crippen LogP contribution in [0.5, 0.6) is 0 Å². The van der Waals surface area contributed by atoms with Gasteiger partial charge in [-0.25, -0.2) is 4.79 Å². The Morgan fingerprint density at radius 1 is 1.25 bits per heavy atom. The number of nitrogens with one attached hydrogen (secondary N) is 1. The summed E-state index contributed by atoms with van der Waals surface area (Å²) in [5.41, 5.74) is 2.75. The third-order valence-corrected chi connectivity index (χ3v) is 2.99. The van der Waals surface area contributed by atoms with Crippen molar-refractivity contribution in [2.75, 3.05) is 0 Å². The number of aromatic amines is 1. The minimum absolute atomic E-state index is 0.0850. The third kappa shape index (κ3) is 3.45. The van der Waals surface area contributed by atoms with Gasteiger partial charge in [-0.05, 0) is 30.2 Å². The summed E-state index contributed by atoms with van der Waals surface area (Å²) in [6.07, 6.45) is 3.77. The molecule has 102 valence electrons. The number of benzene rings is 1. The number of pyridine rings is 1. The first-order valence-electron chi connectivity index (χ1n) is 6.23. The summed E-state index contributed by atoms with van der Waals surface area (Å²) in [5.74, 6) is -0.926. The lowest BCUT2D eigenvalue weighted by molar-refractivity contribution is -0.132. The van der Waals surface area contributed by atoms with E-state index in [2.05, 4.69) is 4.98 Å². The summed E-state index contributed by atoms with van der Waals surface area (Å²) in [5, 5.41) is 8.82. The molecule has 4 nitrogen and oxygen atoms in total. The van der Waals surface area contributed by atoms with Crippen LogP contribution in [0.3, 0.4) is 0 Å². The van der Waals surface area contributed by atoms with Crippen LogP contribution in [-0.2, 0) is 11.2 Å². The summed E-state index contributed by atoms with van der Waals surface area (Å²) in [4.78, 5) is 25.0. The quantitative estimate of drug-likeness (QED) is 0.838. The largest absolute Gasteiger partial charge is 0.478 e. The SMILES string of the molecule is C/C(=C\c1ccc(Cc2ccc[nH]c2=O)cc1)C(=O)O. The number of aliphatic carboxylic acids is 1. The maximum Gasteiger partial charge on any atom is 0.331 e. The van der Waals surface area contributed by atoms with Crippen LogP contribution >= 0.6 is 0 Å². The summed E-state index contributed by atoms with van der Waals surface area (Å²) in [6, 6.07) is 11.1. The molecule has 4 heteroatoms. The van der Waals surface area contributed by atoms with Crippen LogP contribution in [0.2, 0.25) is 0 Å². The van der Waals surface area contributed by atoms with Gasteiger partial charge in [-0.2, -0.15) is 0 Å². The highest BCUT2D eigenvalue weighted by atomic mass is 16.4. The second-order valence-corrected chi connectivity index (χ2v) is 4.58. The standard InChI is InChI=1S/C16H15NO3/c1-11(16(19)20)9-12-4-6-13(7-5-12)10-14-3-2-8-17-15(14)18/h2-9H,10H2,1H3,(H,17,18)(H,19,20)/b11-9+. The predicted octanol–water partition coefficient (Wildman–Crippen LogP) is 2.45. The molecular weight excluding hydrogens is 254 g/mol. The maximum atomic E-state index is 11.6. The number of H-pyrrole nitrogens is 1. The Labute approximate surface area is 116 Å². The molecule has 0 saturated heterocycles. The van der Waals surface area contributed by atoms with Gasteiger partial charge in [-0.1, -0.05) is 30.3 Å². The molecular formula is C16H15NO3. The Bertz CT molecular complexity index is 696. The lowest BCUT2D eigenvalue weighted by Gasteiger charge is -2.02. The minimum atomic E-state index is -0.926. The Hall–Kier alpha value is -2.62. The molecule has 0 aliphatic rings. The zero-order chi connectivity index (χ0) is 14.5. The van der Waals surface area contributed by atoms with Crippen LogP contribution in [0.4, 0.5) is 0 Å². The van der Waals surface area contributed by atoms with Gasteiger partial charge in [-0.3, -0.25) is 4.79 Å². The summed E-state index contributed by atoms with van der Waals surface area (Å²) >= 11 is 0. The molecule has 0 radical (unpaired) electrons. The van der Waals surface area contributed by atoms with Crippen molar-refractivity contribution >= 4 is 12.0 Å². The molecule has 1 aromatic carbocycles. The molecule has 0 bridgehead atoms. The normalized spacial score (nSPS) is 11.3. The molecule has 0 saturated carbocycles. The third-order valence-electron chi connectivity index (χ3n) is 2.99. The Kier molecular flexibility index (Phi) is 4.15. The van der Waals surface area contributed by atoms with Gasteiger partial charge in [0, 0.05) is 23.8 Å². The predicted molar refractivity (Wildman–Crippen MR) is 77.6 cm³/mol. The summed E-state index contributed by atoms with van der Waals surface area (Å²) in [7, 11) is 0. The second-order valence-electron chi connectivity index (χ2n) is 4.58. The Balaban J connectivity index is 2.17. The van der Waals surface area contributed by atoms with Gasteiger partial charge in [0.2, 0.25) is 0 Å². The van der Waals surface area contributed by atoms with Crippen LogP contribution in [-0.4, -0.2) is 16.1 Å². The fraction of sp³-hybridized carbons (Fsp3) is 0.125. The average molecular weight is 269 g/mol. The van der Waals surface area contributed by atoms with E-state index in [1.54, 1.807) is 31.3 Å². The van der Waals surface area contributed by atoms with Crippen LogP contribution in [0, 0.1) is 0 Å². The van der Waals surface area contributed by atoms with Crippen molar-refractivity contribution in [3.05, 3.63) is 75.2 Å². The number of carboxylic acid groups (broad SMARTS) is 1. The van der Waals surface area contributed by atoms with Crippen molar-refractivity contribution in [2.45, 2.75) is 13.3 Å². The first kappa shape index (κ1) is 13.8. The molecule has 0 spiro atoms. The summed E-state index contributed by atoms with van der Waals surface area (Å²) < 4.78 is 0. The molecule has 1 heterocycles. The van der Waals surface area contributed by atoms with Gasteiger partial charge in [0.25, 0.3) is 5.56 Å². The molecule has 0 aliphatic heterocycles. The summed E-state index contributed by atoms with van der Waals surface area (Å²) in [6.45, 7) is 1.56. The lowest BCUT2D eigenvalue weighted by Crippen LogP contribution is -2.11. The van der Waals surface area contributed by atoms with Crippen molar-refractivity contribution in [1.82, 2.24) is 4.98 Å². The Morgan fingerprint density at radius 2 is 1.95 bits per heavy atom. The maximum absolute atomic E-state index is 11.6. The number of carbonyl (C=O) groups is 1. The van der Waals surface area contributed by atoms with Crippen molar-refractivity contribution in [3.63, 3.8) is 0 Å². The van der Waals surface area contributed by atoms with Gasteiger partial charge >= 0.3 is 5.97 Å². The van der Waals surface area contributed by atoms with E-state index < -0.39 is 5.97 Å². The molecule has 2 rings (SSSR count). The van der Waals surface area contributed by atoms with Gasteiger partial charge < -0.3 is 10.1 Å². The molecule has 0 atom stereocenters. The number of rotatable bonds is 4. The van der Waals surface area contributed by atoms with E-state index in [1.807, 2.05) is 24.3 Å². The number of hydrogen-bond donors (Lipinski definition) is 2. The highest BCUT2D eigenvalue weighted by molar-refractivity contribution is 5.91. The first-order chi connectivity index (χ1) is 9.56. The molecule has 0 amide bonds. The molecule has 0 fully saturated rings. The van der Waals surface area contributed by atoms with E-state index in [0.29, 0.717) is 12.0 Å². The molecule has 1 aromatic heterocycles. The van der Waals surface area contributed by atoms with Gasteiger partial charge in [0.15, 0.2) is 0 Å². The highest BCUT2D eigenvalue weighted by Crippen LogP contribution is 2.11. The molecule has 2 N–H and O–H groups in total.